The maximum absolute atomic E-state index is 13.1. The molecule has 0 aliphatic carbocycles. The zero-order valence-electron chi connectivity index (χ0n) is 20.5. The molecule has 8 heteroatoms. The summed E-state index contributed by atoms with van der Waals surface area (Å²) in [6.07, 6.45) is 7.45. The molecule has 2 aromatic rings. The van der Waals surface area contributed by atoms with Gasteiger partial charge >= 0.3 is 0 Å². The van der Waals surface area contributed by atoms with Crippen LogP contribution in [0.2, 0.25) is 0 Å². The lowest BCUT2D eigenvalue weighted by Crippen LogP contribution is -2.35. The van der Waals surface area contributed by atoms with Crippen molar-refractivity contribution in [2.75, 3.05) is 30.9 Å². The van der Waals surface area contributed by atoms with Crippen LogP contribution in [0.25, 0.3) is 0 Å². The molecule has 1 atom stereocenters. The normalized spacial score (nSPS) is 20.0. The molecular weight excluding hydrogens is 472 g/mol. The molecule has 7 nitrogen and oxygen atoms in total. The van der Waals surface area contributed by atoms with Crippen molar-refractivity contribution in [3.8, 4) is 0 Å². The Balaban J connectivity index is 1.40. The van der Waals surface area contributed by atoms with E-state index in [1.807, 2.05) is 36.1 Å². The van der Waals surface area contributed by atoms with Crippen molar-refractivity contribution in [1.82, 2.24) is 9.80 Å². The van der Waals surface area contributed by atoms with Crippen LogP contribution in [0, 0.1) is 5.92 Å². The van der Waals surface area contributed by atoms with Gasteiger partial charge in [0.1, 0.15) is 4.91 Å². The predicted octanol–water partition coefficient (Wildman–Crippen LogP) is 4.45. The summed E-state index contributed by atoms with van der Waals surface area (Å²) in [6, 6.07) is 16.9. The molecule has 1 unspecified atom stereocenters. The molecule has 2 aliphatic heterocycles. The van der Waals surface area contributed by atoms with Gasteiger partial charge in [-0.2, -0.15) is 0 Å². The Morgan fingerprint density at radius 3 is 2.53 bits per heavy atom. The van der Waals surface area contributed by atoms with Gasteiger partial charge in [-0.25, -0.2) is 8.42 Å². The molecule has 2 heterocycles. The zero-order valence-corrected chi connectivity index (χ0v) is 21.3. The molecule has 0 bridgehead atoms. The number of benzene rings is 2. The molecule has 36 heavy (non-hydrogen) atoms. The minimum atomic E-state index is -3.89. The van der Waals surface area contributed by atoms with E-state index >= 15 is 0 Å². The Kier molecular flexibility index (Phi) is 8.18. The van der Waals surface area contributed by atoms with Gasteiger partial charge in [-0.05, 0) is 48.4 Å². The van der Waals surface area contributed by atoms with Gasteiger partial charge in [0, 0.05) is 56.1 Å². The number of dihydropyridines is 1. The minimum Gasteiger partial charge on any atom is -0.337 e. The maximum Gasteiger partial charge on any atom is 0.263 e. The molecule has 1 fully saturated rings. The van der Waals surface area contributed by atoms with Gasteiger partial charge in [-0.15, -0.1) is 0 Å². The van der Waals surface area contributed by atoms with Gasteiger partial charge in [0.25, 0.3) is 15.9 Å². The molecule has 2 aliphatic rings. The van der Waals surface area contributed by atoms with Gasteiger partial charge in [0.2, 0.25) is 0 Å². The van der Waals surface area contributed by atoms with E-state index in [2.05, 4.69) is 33.3 Å². The first kappa shape index (κ1) is 25.6. The molecule has 0 radical (unpaired) electrons. The number of rotatable bonds is 7. The van der Waals surface area contributed by atoms with Crippen LogP contribution in [0.4, 0.5) is 5.69 Å². The minimum absolute atomic E-state index is 0.0420. The maximum atomic E-state index is 13.1. The Bertz CT molecular complexity index is 1280. The lowest BCUT2D eigenvalue weighted by Gasteiger charge is -2.22. The Morgan fingerprint density at radius 2 is 1.83 bits per heavy atom. The van der Waals surface area contributed by atoms with Gasteiger partial charge in [-0.1, -0.05) is 49.9 Å². The van der Waals surface area contributed by atoms with Crippen LogP contribution < -0.4 is 4.72 Å². The number of hydrogen-bond acceptors (Lipinski definition) is 5. The number of allylic oxidation sites excluding steroid dienone is 3. The van der Waals surface area contributed by atoms with E-state index in [0.717, 1.165) is 26.1 Å². The second-order valence-electron chi connectivity index (χ2n) is 9.00. The van der Waals surface area contributed by atoms with Crippen LogP contribution >= 0.6 is 0 Å². The van der Waals surface area contributed by atoms with Crippen LogP contribution in [0.1, 0.15) is 29.3 Å². The fraction of sp³-hybridized carbons (Fsp3) is 0.286. The quantitative estimate of drug-likeness (QED) is 0.604. The Hall–Kier alpha value is -3.49. The van der Waals surface area contributed by atoms with E-state index in [0.29, 0.717) is 30.0 Å². The first-order valence-electron chi connectivity index (χ1n) is 12.1. The van der Waals surface area contributed by atoms with E-state index in [9.17, 15) is 13.2 Å². The van der Waals surface area contributed by atoms with Crippen LogP contribution in [-0.4, -0.2) is 56.5 Å². The van der Waals surface area contributed by atoms with Crippen molar-refractivity contribution < 1.29 is 13.2 Å². The molecule has 0 spiro atoms. The molecule has 4 rings (SSSR count). The number of amides is 1. The van der Waals surface area contributed by atoms with E-state index in [1.54, 1.807) is 36.6 Å². The monoisotopic (exact) mass is 504 g/mol. The molecule has 188 valence electrons. The standard InChI is InChI=1S/C28H32N4O3S/c1-3-26(27-22(2)9-7-16-29-27)36(34,35)30-25-14-12-24(13-15-25)28(33)32-18-8-17-31(19-20-32)21-23-10-5-4-6-11-23/h3-7,9-16,22,30H,1,8,17-21H2,2H3/b27-26-. The molecular formula is C28H32N4O3S. The van der Waals surface area contributed by atoms with E-state index in [4.69, 9.17) is 0 Å². The number of sulfonamides is 1. The smallest absolute Gasteiger partial charge is 0.263 e. The fourth-order valence-corrected chi connectivity index (χ4v) is 5.73. The molecule has 0 saturated carbocycles. The third-order valence-corrected chi connectivity index (χ3v) is 7.83. The molecule has 2 aromatic carbocycles. The predicted molar refractivity (Wildman–Crippen MR) is 145 cm³/mol. The van der Waals surface area contributed by atoms with Gasteiger partial charge in [0.05, 0.1) is 5.70 Å². The highest BCUT2D eigenvalue weighted by Crippen LogP contribution is 2.26. The van der Waals surface area contributed by atoms with Crippen molar-refractivity contribution in [3.05, 3.63) is 101 Å². The SMILES string of the molecule is C=C/C(=C1/N=CC=CC1C)S(=O)(=O)Nc1ccc(C(=O)N2CCCN(Cc3ccccc3)CC2)cc1. The van der Waals surface area contributed by atoms with Crippen molar-refractivity contribution in [1.29, 1.82) is 0 Å². The molecule has 1 amide bonds. The van der Waals surface area contributed by atoms with E-state index < -0.39 is 10.0 Å². The summed E-state index contributed by atoms with van der Waals surface area (Å²) in [5, 5.41) is 0. The van der Waals surface area contributed by atoms with Gasteiger partial charge in [-0.3, -0.25) is 19.4 Å². The largest absolute Gasteiger partial charge is 0.337 e. The number of hydrogen-bond donors (Lipinski definition) is 1. The zero-order chi connectivity index (χ0) is 25.5. The third kappa shape index (κ3) is 6.19. The van der Waals surface area contributed by atoms with Gasteiger partial charge < -0.3 is 4.90 Å². The summed E-state index contributed by atoms with van der Waals surface area (Å²) in [5.41, 5.74) is 2.62. The topological polar surface area (TPSA) is 82.1 Å². The second kappa shape index (κ2) is 11.5. The Labute approximate surface area is 213 Å². The first-order chi connectivity index (χ1) is 17.4. The van der Waals surface area contributed by atoms with Crippen LogP contribution in [0.3, 0.4) is 0 Å². The lowest BCUT2D eigenvalue weighted by atomic mass is 10.1. The van der Waals surface area contributed by atoms with E-state index in [-0.39, 0.29) is 16.7 Å². The summed E-state index contributed by atoms with van der Waals surface area (Å²) in [7, 11) is -3.89. The summed E-state index contributed by atoms with van der Waals surface area (Å²) in [6.45, 7) is 9.54. The van der Waals surface area contributed by atoms with Crippen molar-refractivity contribution in [2.24, 2.45) is 10.9 Å². The average molecular weight is 505 g/mol. The molecule has 1 N–H and O–H groups in total. The highest BCUT2D eigenvalue weighted by atomic mass is 32.2. The second-order valence-corrected chi connectivity index (χ2v) is 10.6. The van der Waals surface area contributed by atoms with Crippen LogP contribution in [-0.2, 0) is 16.6 Å². The van der Waals surface area contributed by atoms with Crippen molar-refractivity contribution in [2.45, 2.75) is 19.9 Å². The summed E-state index contributed by atoms with van der Waals surface area (Å²) in [4.78, 5) is 21.7. The lowest BCUT2D eigenvalue weighted by molar-refractivity contribution is 0.0761. The highest BCUT2D eigenvalue weighted by molar-refractivity contribution is 7.96. The summed E-state index contributed by atoms with van der Waals surface area (Å²) >= 11 is 0. The number of aliphatic imine (C=N–C) groups is 1. The number of anilines is 1. The third-order valence-electron chi connectivity index (χ3n) is 6.37. The first-order valence-corrected chi connectivity index (χ1v) is 13.6. The average Bonchev–Trinajstić information content (AvgIpc) is 3.11. The van der Waals surface area contributed by atoms with Crippen LogP contribution in [0.5, 0.6) is 0 Å². The highest BCUT2D eigenvalue weighted by Gasteiger charge is 2.24. The van der Waals surface area contributed by atoms with Gasteiger partial charge in [0.15, 0.2) is 0 Å². The Morgan fingerprint density at radius 1 is 1.08 bits per heavy atom. The number of carbonyl (C=O) groups is 1. The number of carbonyl (C=O) groups excluding carboxylic acids is 1. The number of nitrogens with zero attached hydrogens (tertiary/aromatic N) is 3. The van der Waals surface area contributed by atoms with Crippen LogP contribution in [0.15, 0.2) is 95.0 Å². The molecule has 0 aromatic heterocycles. The fourth-order valence-electron chi connectivity index (χ4n) is 4.44. The molecule has 1 saturated heterocycles. The van der Waals surface area contributed by atoms with E-state index in [1.165, 1.54) is 11.6 Å². The summed E-state index contributed by atoms with van der Waals surface area (Å²) < 4.78 is 28.6. The summed E-state index contributed by atoms with van der Waals surface area (Å²) in [5.74, 6) is -0.186. The number of nitrogens with one attached hydrogen (secondary N) is 1. The van der Waals surface area contributed by atoms with Crippen molar-refractivity contribution >= 4 is 27.8 Å². The van der Waals surface area contributed by atoms with Crippen molar-refractivity contribution in [3.63, 3.8) is 0 Å².